The van der Waals surface area contributed by atoms with E-state index in [9.17, 15) is 46.5 Å². The molecule has 2 aromatic rings. The molecule has 0 fully saturated rings. The van der Waals surface area contributed by atoms with E-state index in [0.29, 0.717) is 6.07 Å². The summed E-state index contributed by atoms with van der Waals surface area (Å²) in [4.78, 5) is 0. The summed E-state index contributed by atoms with van der Waals surface area (Å²) in [6.07, 6.45) is -11.0. The van der Waals surface area contributed by atoms with Crippen LogP contribution in [0.15, 0.2) is 18.2 Å². The minimum Gasteiger partial charge on any atom is -0.205 e. The predicted octanol–water partition coefficient (Wildman–Crippen LogP) is 3.40. The summed E-state index contributed by atoms with van der Waals surface area (Å²) in [5.41, 5.74) is -11.0. The Morgan fingerprint density at radius 1 is 0.657 bits per heavy atom. The molecule has 0 radical (unpaired) electrons. The lowest BCUT2D eigenvalue weighted by molar-refractivity contribution is -0.143. The van der Waals surface area contributed by atoms with Crippen LogP contribution in [0.5, 0.6) is 0 Å². The second kappa shape index (κ2) is 9.24. The Kier molecular flexibility index (Phi) is 6.84. The average molecular weight is 484 g/mol. The number of rotatable bonds is 1. The van der Waals surface area contributed by atoms with Gasteiger partial charge in [-0.05, 0) is 23.8 Å². The van der Waals surface area contributed by atoms with E-state index in [2.05, 4.69) is 0 Å². The van der Waals surface area contributed by atoms with Crippen molar-refractivity contribution in [2.24, 2.45) is 0 Å². The highest BCUT2D eigenvalue weighted by Crippen LogP contribution is 2.40. The smallest absolute Gasteiger partial charge is 0.205 e. The van der Waals surface area contributed by atoms with Gasteiger partial charge in [0.1, 0.15) is 35.9 Å². The number of halogens is 7. The zero-order chi connectivity index (χ0) is 26.7. The molecular weight excluding hydrogens is 481 g/mol. The monoisotopic (exact) mass is 484 g/mol. The van der Waals surface area contributed by atoms with Crippen molar-refractivity contribution < 1.29 is 30.7 Å². The molecule has 0 aliphatic heterocycles. The van der Waals surface area contributed by atoms with Crippen molar-refractivity contribution in [1.29, 1.82) is 31.6 Å². The molecule has 0 heterocycles. The lowest BCUT2D eigenvalue weighted by Gasteiger charge is -2.17. The number of nitrogens with zero attached hydrogens (tertiary/aromatic N) is 6. The fourth-order valence-corrected chi connectivity index (χ4v) is 3.06. The molecule has 13 heteroatoms. The summed E-state index contributed by atoms with van der Waals surface area (Å²) in [6, 6.07) is 8.02. The Bertz CT molecular complexity index is 1590. The standard InChI is InChI=1S/C22H3F7N6/c23-20-13(12(5-31)6-32)1-11(4-30)19(16(20)9-35)14(7-33)10-2-17(21(24,25)26)15(8-34)18(3-10)22(27,28)29/h1-3H/b19-14+. The first-order valence-electron chi connectivity index (χ1n) is 8.65. The zero-order valence-electron chi connectivity index (χ0n) is 16.6. The zero-order valence-corrected chi connectivity index (χ0v) is 16.6. The van der Waals surface area contributed by atoms with Gasteiger partial charge in [-0.25, -0.2) is 4.39 Å². The summed E-state index contributed by atoms with van der Waals surface area (Å²) in [7, 11) is 0. The molecule has 0 aromatic heterocycles. The number of hydrogen-bond acceptors (Lipinski definition) is 6. The first kappa shape index (κ1) is 25.9. The number of nitriles is 6. The Morgan fingerprint density at radius 2 is 1.14 bits per heavy atom. The minimum absolute atomic E-state index is 0.0303. The lowest BCUT2D eigenvalue weighted by atomic mass is 9.91. The van der Waals surface area contributed by atoms with E-state index in [4.69, 9.17) is 15.8 Å². The van der Waals surface area contributed by atoms with E-state index in [-0.39, 0.29) is 12.1 Å². The van der Waals surface area contributed by atoms with Crippen molar-refractivity contribution >= 4 is 11.1 Å². The summed E-state index contributed by atoms with van der Waals surface area (Å²) in [5.74, 6) is -1.60. The second-order valence-electron chi connectivity index (χ2n) is 6.40. The summed E-state index contributed by atoms with van der Waals surface area (Å²) in [6.45, 7) is 0. The van der Waals surface area contributed by atoms with Gasteiger partial charge < -0.3 is 0 Å². The molecule has 0 aliphatic carbocycles. The third kappa shape index (κ3) is 4.57. The van der Waals surface area contributed by atoms with Crippen LogP contribution in [-0.2, 0) is 12.4 Å². The molecule has 0 saturated heterocycles. The van der Waals surface area contributed by atoms with Crippen molar-refractivity contribution in [3.05, 3.63) is 67.8 Å². The van der Waals surface area contributed by atoms with Gasteiger partial charge in [0.25, 0.3) is 0 Å². The minimum atomic E-state index is -5.49. The molecule has 0 atom stereocenters. The molecule has 0 bridgehead atoms. The van der Waals surface area contributed by atoms with Crippen LogP contribution in [0.2, 0.25) is 0 Å². The molecule has 170 valence electrons. The van der Waals surface area contributed by atoms with Gasteiger partial charge in [0.05, 0.1) is 39.5 Å². The largest absolute Gasteiger partial charge is 0.417 e. The first-order valence-corrected chi connectivity index (χ1v) is 8.65. The van der Waals surface area contributed by atoms with E-state index in [0.717, 1.165) is 6.07 Å². The fraction of sp³-hybridized carbons (Fsp3) is 0.0909. The van der Waals surface area contributed by atoms with Gasteiger partial charge in [0, 0.05) is 10.4 Å². The van der Waals surface area contributed by atoms with Gasteiger partial charge in [0.2, 0.25) is 0 Å². The van der Waals surface area contributed by atoms with E-state index in [1.54, 1.807) is 0 Å². The summed E-state index contributed by atoms with van der Waals surface area (Å²) < 4.78 is 95.9. The molecule has 0 spiro atoms. The van der Waals surface area contributed by atoms with E-state index in [1.807, 2.05) is 0 Å². The maximum absolute atomic E-state index is 15.0. The van der Waals surface area contributed by atoms with Crippen molar-refractivity contribution in [3.63, 3.8) is 0 Å². The Morgan fingerprint density at radius 3 is 1.49 bits per heavy atom. The van der Waals surface area contributed by atoms with Crippen LogP contribution < -0.4 is 10.4 Å². The molecule has 0 amide bonds. The quantitative estimate of drug-likeness (QED) is 0.568. The normalized spacial score (nSPS) is 11.6. The highest BCUT2D eigenvalue weighted by Gasteiger charge is 2.42. The molecule has 6 nitrogen and oxygen atoms in total. The second-order valence-corrected chi connectivity index (χ2v) is 6.40. The van der Waals surface area contributed by atoms with Crippen LogP contribution in [0.3, 0.4) is 0 Å². The molecule has 35 heavy (non-hydrogen) atoms. The van der Waals surface area contributed by atoms with Gasteiger partial charge in [-0.15, -0.1) is 0 Å². The molecule has 2 rings (SSSR count). The van der Waals surface area contributed by atoms with Gasteiger partial charge in [-0.1, -0.05) is 0 Å². The van der Waals surface area contributed by atoms with Crippen molar-refractivity contribution in [3.8, 4) is 36.4 Å². The van der Waals surface area contributed by atoms with Crippen LogP contribution >= 0.6 is 0 Å². The van der Waals surface area contributed by atoms with Crippen LogP contribution in [0, 0.1) is 73.8 Å². The molecular formula is C22H3F7N6. The summed E-state index contributed by atoms with van der Waals surface area (Å²) in [5, 5.41) is 53.5. The summed E-state index contributed by atoms with van der Waals surface area (Å²) >= 11 is 0. The van der Waals surface area contributed by atoms with Gasteiger partial charge >= 0.3 is 12.4 Å². The van der Waals surface area contributed by atoms with Crippen LogP contribution in [-0.4, -0.2) is 0 Å². The van der Waals surface area contributed by atoms with Crippen molar-refractivity contribution in [1.82, 2.24) is 0 Å². The maximum Gasteiger partial charge on any atom is 0.417 e. The maximum atomic E-state index is 15.0. The molecule has 0 aliphatic rings. The van der Waals surface area contributed by atoms with Crippen molar-refractivity contribution in [2.45, 2.75) is 12.4 Å². The average Bonchev–Trinajstić information content (AvgIpc) is 2.79. The number of alkyl halides is 6. The highest BCUT2D eigenvalue weighted by molar-refractivity contribution is 5.81. The molecule has 0 saturated carbocycles. The fourth-order valence-electron chi connectivity index (χ4n) is 3.06. The SMILES string of the molecule is N#CC(C#N)=c1cc(C#N)/c(=C(/C#N)c2cc(C(F)(F)F)c(C#N)c(C(F)(F)F)c2)c(C#N)c1F. The Balaban J connectivity index is 3.36. The Labute approximate surface area is 190 Å². The Hall–Kier alpha value is -5.37. The number of benzene rings is 2. The van der Waals surface area contributed by atoms with Gasteiger partial charge in [0.15, 0.2) is 5.82 Å². The van der Waals surface area contributed by atoms with Crippen LogP contribution in [0.1, 0.15) is 33.4 Å². The molecule has 2 aromatic carbocycles. The third-order valence-electron chi connectivity index (χ3n) is 4.50. The van der Waals surface area contributed by atoms with Gasteiger partial charge in [-0.3, -0.25) is 0 Å². The predicted molar refractivity (Wildman–Crippen MR) is 99.0 cm³/mol. The van der Waals surface area contributed by atoms with Crippen LogP contribution in [0.4, 0.5) is 30.7 Å². The van der Waals surface area contributed by atoms with E-state index < -0.39 is 73.1 Å². The van der Waals surface area contributed by atoms with E-state index >= 15 is 0 Å². The number of hydrogen-bond donors (Lipinski definition) is 0. The van der Waals surface area contributed by atoms with Crippen molar-refractivity contribution in [2.75, 3.05) is 0 Å². The lowest BCUT2D eigenvalue weighted by Crippen LogP contribution is -2.26. The molecule has 0 N–H and O–H groups in total. The first-order chi connectivity index (χ1) is 16.3. The van der Waals surface area contributed by atoms with E-state index in [1.165, 1.54) is 30.3 Å². The molecule has 0 unspecified atom stereocenters. The highest BCUT2D eigenvalue weighted by atomic mass is 19.4. The third-order valence-corrected chi connectivity index (χ3v) is 4.50. The van der Waals surface area contributed by atoms with Gasteiger partial charge in [-0.2, -0.15) is 57.9 Å². The topological polar surface area (TPSA) is 143 Å². The van der Waals surface area contributed by atoms with Crippen LogP contribution in [0.25, 0.3) is 11.1 Å².